The molecule has 0 saturated heterocycles. The van der Waals surface area contributed by atoms with Gasteiger partial charge < -0.3 is 5.32 Å². The van der Waals surface area contributed by atoms with Crippen molar-refractivity contribution in [1.82, 2.24) is 15.1 Å². The number of hydrogen-bond acceptors (Lipinski definition) is 2. The van der Waals surface area contributed by atoms with Crippen LogP contribution in [0.2, 0.25) is 0 Å². The topological polar surface area (TPSA) is 29.9 Å². The Morgan fingerprint density at radius 1 is 1.33 bits per heavy atom. The normalized spacial score (nSPS) is 21.9. The zero-order valence-electron chi connectivity index (χ0n) is 8.80. The zero-order chi connectivity index (χ0) is 10.3. The molecule has 0 amide bonds. The fraction of sp³-hybridized carbons (Fsp3) is 0.727. The minimum absolute atomic E-state index is 0.721. The SMILES string of the molecule is Brc1c(C2CCC2)nn2c1CNCCC2. The maximum Gasteiger partial charge on any atom is 0.0800 e. The monoisotopic (exact) mass is 269 g/mol. The summed E-state index contributed by atoms with van der Waals surface area (Å²) in [5, 5.41) is 8.20. The highest BCUT2D eigenvalue weighted by Gasteiger charge is 2.27. The lowest BCUT2D eigenvalue weighted by Gasteiger charge is -2.23. The summed E-state index contributed by atoms with van der Waals surface area (Å²) in [6.45, 7) is 3.13. The molecule has 1 aliphatic heterocycles. The molecule has 0 spiro atoms. The van der Waals surface area contributed by atoms with Crippen molar-refractivity contribution in [3.63, 3.8) is 0 Å². The maximum atomic E-state index is 4.76. The summed E-state index contributed by atoms with van der Waals surface area (Å²) in [5.74, 6) is 0.721. The predicted octanol–water partition coefficient (Wildman–Crippen LogP) is 2.41. The fourth-order valence-corrected chi connectivity index (χ4v) is 3.10. The van der Waals surface area contributed by atoms with Crippen LogP contribution in [-0.4, -0.2) is 16.3 Å². The molecule has 3 nitrogen and oxygen atoms in total. The van der Waals surface area contributed by atoms with E-state index >= 15 is 0 Å². The van der Waals surface area contributed by atoms with Gasteiger partial charge in [-0.3, -0.25) is 4.68 Å². The van der Waals surface area contributed by atoms with Crippen LogP contribution < -0.4 is 5.32 Å². The molecule has 0 bridgehead atoms. The summed E-state index contributed by atoms with van der Waals surface area (Å²) in [6.07, 6.45) is 5.20. The van der Waals surface area contributed by atoms with Crippen LogP contribution in [0.15, 0.2) is 4.47 Å². The molecule has 2 aliphatic rings. The number of nitrogens with one attached hydrogen (secondary N) is 1. The van der Waals surface area contributed by atoms with Crippen LogP contribution in [0.25, 0.3) is 0 Å². The molecule has 1 N–H and O–H groups in total. The summed E-state index contributed by atoms with van der Waals surface area (Å²) in [6, 6.07) is 0. The summed E-state index contributed by atoms with van der Waals surface area (Å²) in [5.41, 5.74) is 2.65. The van der Waals surface area contributed by atoms with Crippen LogP contribution in [0, 0.1) is 0 Å². The van der Waals surface area contributed by atoms with Gasteiger partial charge in [0.05, 0.1) is 15.9 Å². The molecule has 1 aromatic rings. The number of hydrogen-bond donors (Lipinski definition) is 1. The van der Waals surface area contributed by atoms with Crippen molar-refractivity contribution in [2.24, 2.45) is 0 Å². The van der Waals surface area contributed by atoms with E-state index in [1.807, 2.05) is 0 Å². The second kappa shape index (κ2) is 3.91. The van der Waals surface area contributed by atoms with Crippen molar-refractivity contribution >= 4 is 15.9 Å². The Balaban J connectivity index is 1.96. The van der Waals surface area contributed by atoms with Crippen LogP contribution in [-0.2, 0) is 13.1 Å². The molecule has 4 heteroatoms. The van der Waals surface area contributed by atoms with Gasteiger partial charge in [0, 0.05) is 19.0 Å². The van der Waals surface area contributed by atoms with E-state index in [4.69, 9.17) is 5.10 Å². The van der Waals surface area contributed by atoms with Gasteiger partial charge in [-0.1, -0.05) is 6.42 Å². The molecule has 15 heavy (non-hydrogen) atoms. The van der Waals surface area contributed by atoms with E-state index in [9.17, 15) is 0 Å². The molecular weight excluding hydrogens is 254 g/mol. The van der Waals surface area contributed by atoms with E-state index in [0.717, 1.165) is 25.6 Å². The van der Waals surface area contributed by atoms with E-state index in [0.29, 0.717) is 0 Å². The molecule has 0 radical (unpaired) electrons. The van der Waals surface area contributed by atoms with Crippen molar-refractivity contribution in [1.29, 1.82) is 0 Å². The Morgan fingerprint density at radius 2 is 2.20 bits per heavy atom. The standard InChI is InChI=1S/C11H16BrN3/c12-10-9-7-13-5-2-6-15(9)14-11(10)8-3-1-4-8/h8,13H,1-7H2. The van der Waals surface area contributed by atoms with Crippen molar-refractivity contribution in [3.05, 3.63) is 15.9 Å². The molecule has 1 fully saturated rings. The van der Waals surface area contributed by atoms with E-state index in [1.165, 1.54) is 41.5 Å². The van der Waals surface area contributed by atoms with Gasteiger partial charge in [0.25, 0.3) is 0 Å². The minimum Gasteiger partial charge on any atom is -0.311 e. The summed E-state index contributed by atoms with van der Waals surface area (Å²) in [4.78, 5) is 0. The molecule has 0 unspecified atom stereocenters. The lowest BCUT2D eigenvalue weighted by Crippen LogP contribution is -2.13. The summed E-state index contributed by atoms with van der Waals surface area (Å²) in [7, 11) is 0. The van der Waals surface area contributed by atoms with Gasteiger partial charge in [0.1, 0.15) is 0 Å². The molecule has 82 valence electrons. The first kappa shape index (κ1) is 9.85. The molecule has 0 atom stereocenters. The number of rotatable bonds is 1. The molecule has 2 heterocycles. The van der Waals surface area contributed by atoms with Crippen LogP contribution in [0.5, 0.6) is 0 Å². The first-order valence-corrected chi connectivity index (χ1v) is 6.61. The minimum atomic E-state index is 0.721. The number of fused-ring (bicyclic) bond motifs is 1. The molecule has 1 saturated carbocycles. The van der Waals surface area contributed by atoms with E-state index < -0.39 is 0 Å². The van der Waals surface area contributed by atoms with E-state index in [-0.39, 0.29) is 0 Å². The third-order valence-corrected chi connectivity index (χ3v) is 4.39. The highest BCUT2D eigenvalue weighted by molar-refractivity contribution is 9.10. The van der Waals surface area contributed by atoms with Gasteiger partial charge in [-0.05, 0) is 41.7 Å². The highest BCUT2D eigenvalue weighted by atomic mass is 79.9. The maximum absolute atomic E-state index is 4.76. The summed E-state index contributed by atoms with van der Waals surface area (Å²) >= 11 is 3.72. The van der Waals surface area contributed by atoms with E-state index in [2.05, 4.69) is 25.9 Å². The zero-order valence-corrected chi connectivity index (χ0v) is 10.4. The molecule has 1 aromatic heterocycles. The third-order valence-electron chi connectivity index (χ3n) is 3.53. The number of aryl methyl sites for hydroxylation is 1. The first-order valence-electron chi connectivity index (χ1n) is 5.82. The smallest absolute Gasteiger partial charge is 0.0800 e. The number of aromatic nitrogens is 2. The van der Waals surface area contributed by atoms with Gasteiger partial charge in [0.15, 0.2) is 0 Å². The average Bonchev–Trinajstić information content (AvgIpc) is 2.39. The molecule has 1 aliphatic carbocycles. The van der Waals surface area contributed by atoms with Crippen LogP contribution in [0.3, 0.4) is 0 Å². The van der Waals surface area contributed by atoms with Crippen molar-refractivity contribution < 1.29 is 0 Å². The van der Waals surface area contributed by atoms with Gasteiger partial charge in [-0.2, -0.15) is 5.10 Å². The van der Waals surface area contributed by atoms with Crippen molar-refractivity contribution in [3.8, 4) is 0 Å². The van der Waals surface area contributed by atoms with E-state index in [1.54, 1.807) is 0 Å². The Hall–Kier alpha value is -0.350. The molecule has 0 aromatic carbocycles. The fourth-order valence-electron chi connectivity index (χ4n) is 2.35. The van der Waals surface area contributed by atoms with Crippen LogP contribution in [0.4, 0.5) is 0 Å². The Kier molecular flexibility index (Phi) is 2.56. The highest BCUT2D eigenvalue weighted by Crippen LogP contribution is 2.40. The van der Waals surface area contributed by atoms with Gasteiger partial charge in [-0.15, -0.1) is 0 Å². The van der Waals surface area contributed by atoms with Crippen molar-refractivity contribution in [2.75, 3.05) is 6.54 Å². The number of nitrogens with zero attached hydrogens (tertiary/aromatic N) is 2. The number of halogens is 1. The molecule has 3 rings (SSSR count). The Labute approximate surface area is 98.4 Å². The van der Waals surface area contributed by atoms with Crippen LogP contribution >= 0.6 is 15.9 Å². The first-order chi connectivity index (χ1) is 7.36. The lowest BCUT2D eigenvalue weighted by molar-refractivity contribution is 0.404. The third kappa shape index (κ3) is 1.64. The Bertz CT molecular complexity index is 368. The average molecular weight is 270 g/mol. The largest absolute Gasteiger partial charge is 0.311 e. The van der Waals surface area contributed by atoms with Gasteiger partial charge in [0.2, 0.25) is 0 Å². The summed E-state index contributed by atoms with van der Waals surface area (Å²) < 4.78 is 3.46. The van der Waals surface area contributed by atoms with Crippen LogP contribution in [0.1, 0.15) is 43.0 Å². The Morgan fingerprint density at radius 3 is 2.93 bits per heavy atom. The quantitative estimate of drug-likeness (QED) is 0.849. The van der Waals surface area contributed by atoms with Gasteiger partial charge in [-0.25, -0.2) is 0 Å². The van der Waals surface area contributed by atoms with Crippen molar-refractivity contribution in [2.45, 2.75) is 44.7 Å². The van der Waals surface area contributed by atoms with Gasteiger partial charge >= 0.3 is 0 Å². The predicted molar refractivity (Wildman–Crippen MR) is 62.8 cm³/mol. The molecular formula is C11H16BrN3. The lowest BCUT2D eigenvalue weighted by atomic mass is 9.83. The second-order valence-corrected chi connectivity index (χ2v) is 5.32. The second-order valence-electron chi connectivity index (χ2n) is 4.53.